The molecule has 0 amide bonds. The normalized spacial score (nSPS) is 17.6. The molecule has 6 nitrogen and oxygen atoms in total. The highest BCUT2D eigenvalue weighted by Gasteiger charge is 2.42. The van der Waals surface area contributed by atoms with Gasteiger partial charge >= 0.3 is 11.3 Å². The van der Waals surface area contributed by atoms with Gasteiger partial charge in [-0.25, -0.2) is 9.59 Å². The summed E-state index contributed by atoms with van der Waals surface area (Å²) in [7, 11) is 0. The zero-order chi connectivity index (χ0) is 27.9. The van der Waals surface area contributed by atoms with Crippen LogP contribution in [0.1, 0.15) is 73.1 Å². The fraction of sp³-hybridized carbons (Fsp3) is 0.344. The van der Waals surface area contributed by atoms with Gasteiger partial charge in [-0.3, -0.25) is 4.79 Å². The highest BCUT2D eigenvalue weighted by Crippen LogP contribution is 2.52. The van der Waals surface area contributed by atoms with Crippen molar-refractivity contribution in [3.63, 3.8) is 0 Å². The summed E-state index contributed by atoms with van der Waals surface area (Å²) in [6.07, 6.45) is 4.68. The Labute approximate surface area is 230 Å². The number of rotatable bonds is 3. The average Bonchev–Trinajstić information content (AvgIpc) is 2.86. The van der Waals surface area contributed by atoms with Gasteiger partial charge in [0.2, 0.25) is 0 Å². The van der Waals surface area contributed by atoms with E-state index in [2.05, 4.69) is 38.7 Å². The van der Waals surface area contributed by atoms with Crippen LogP contribution in [0.5, 0.6) is 0 Å². The van der Waals surface area contributed by atoms with Crippen molar-refractivity contribution in [1.29, 1.82) is 0 Å². The molecule has 200 valence electrons. The van der Waals surface area contributed by atoms with Crippen molar-refractivity contribution in [3.8, 4) is 0 Å². The second-order valence-corrected chi connectivity index (χ2v) is 12.5. The number of nitrogens with zero attached hydrogens (tertiary/aromatic N) is 1. The summed E-state index contributed by atoms with van der Waals surface area (Å²) in [5, 5.41) is 1.88. The molecule has 0 spiro atoms. The highest BCUT2D eigenvalue weighted by atomic mass is 35.5. The maximum atomic E-state index is 13.3. The van der Waals surface area contributed by atoms with E-state index in [0.717, 1.165) is 42.4 Å². The van der Waals surface area contributed by atoms with Gasteiger partial charge in [-0.05, 0) is 84.2 Å². The first-order chi connectivity index (χ1) is 18.4. The summed E-state index contributed by atoms with van der Waals surface area (Å²) in [6.45, 7) is 12.8. The van der Waals surface area contributed by atoms with E-state index < -0.39 is 17.0 Å². The second kappa shape index (κ2) is 8.68. The third-order valence-corrected chi connectivity index (χ3v) is 8.81. The summed E-state index contributed by atoms with van der Waals surface area (Å²) in [5.41, 5.74) is 3.98. The van der Waals surface area contributed by atoms with Crippen molar-refractivity contribution in [2.45, 2.75) is 58.3 Å². The van der Waals surface area contributed by atoms with E-state index >= 15 is 0 Å². The molecule has 0 N–H and O–H groups in total. The molecule has 0 bridgehead atoms. The summed E-state index contributed by atoms with van der Waals surface area (Å²) >= 11 is 6.06. The van der Waals surface area contributed by atoms with Crippen LogP contribution in [0, 0.1) is 6.92 Å². The number of allylic oxidation sites excluding steroid dienone is 1. The van der Waals surface area contributed by atoms with Gasteiger partial charge < -0.3 is 13.7 Å². The van der Waals surface area contributed by atoms with Crippen molar-refractivity contribution < 1.29 is 13.6 Å². The van der Waals surface area contributed by atoms with Crippen LogP contribution in [-0.4, -0.2) is 18.9 Å². The number of halogens is 1. The van der Waals surface area contributed by atoms with E-state index in [9.17, 15) is 14.4 Å². The number of ketones is 1. The molecule has 0 atom stereocenters. The molecule has 0 radical (unpaired) electrons. The molecule has 0 unspecified atom stereocenters. The minimum atomic E-state index is -0.749. The second-order valence-electron chi connectivity index (χ2n) is 12.0. The molecular weight excluding hydrogens is 514 g/mol. The molecule has 0 saturated heterocycles. The lowest BCUT2D eigenvalue weighted by molar-refractivity contribution is 0.104. The van der Waals surface area contributed by atoms with Gasteiger partial charge in [-0.2, -0.15) is 0 Å². The molecule has 39 heavy (non-hydrogen) atoms. The van der Waals surface area contributed by atoms with Crippen LogP contribution in [0.4, 0.5) is 5.69 Å². The van der Waals surface area contributed by atoms with E-state index in [1.165, 1.54) is 29.5 Å². The summed E-state index contributed by atoms with van der Waals surface area (Å²) in [4.78, 5) is 41.3. The first kappa shape index (κ1) is 25.6. The minimum absolute atomic E-state index is 0.0241. The molecule has 0 aliphatic carbocycles. The Kier molecular flexibility index (Phi) is 5.71. The Morgan fingerprint density at radius 3 is 2.44 bits per heavy atom. The predicted octanol–water partition coefficient (Wildman–Crippen LogP) is 6.93. The van der Waals surface area contributed by atoms with E-state index in [4.69, 9.17) is 20.4 Å². The number of anilines is 1. The lowest BCUT2D eigenvalue weighted by Gasteiger charge is -2.48. The minimum Gasteiger partial charge on any atom is -0.422 e. The highest BCUT2D eigenvalue weighted by molar-refractivity contribution is 6.31. The van der Waals surface area contributed by atoms with Crippen molar-refractivity contribution in [2.75, 3.05) is 18.0 Å². The molecule has 4 aromatic rings. The number of carbonyl (C=O) groups is 1. The van der Waals surface area contributed by atoms with Crippen LogP contribution in [0.25, 0.3) is 28.0 Å². The number of hydrogen-bond acceptors (Lipinski definition) is 6. The molecule has 0 fully saturated rings. The largest absolute Gasteiger partial charge is 0.422 e. The molecule has 4 heterocycles. The molecule has 2 aliphatic heterocycles. The van der Waals surface area contributed by atoms with Gasteiger partial charge in [-0.15, -0.1) is 0 Å². The lowest BCUT2D eigenvalue weighted by atomic mass is 9.69. The fourth-order valence-electron chi connectivity index (χ4n) is 6.09. The Morgan fingerprint density at radius 1 is 0.974 bits per heavy atom. The topological polar surface area (TPSA) is 80.7 Å². The standard InChI is InChI=1S/C32H30ClNO5/c1-17-20(7-8-24(35)22-15-18-14-19(33)6-9-25(18)38-30(22)37)29(36)39-28-21(17)16-23-27-26(28)32(4,5)11-13-34(27)12-10-31(23,2)3/h6-9,14-16H,10-13H2,1-5H3/b8-7+. The van der Waals surface area contributed by atoms with Gasteiger partial charge in [0.05, 0.1) is 5.56 Å². The lowest BCUT2D eigenvalue weighted by Crippen LogP contribution is -2.44. The maximum absolute atomic E-state index is 13.3. The summed E-state index contributed by atoms with van der Waals surface area (Å²) in [6, 6.07) is 8.45. The number of carbonyl (C=O) groups excluding carboxylic acids is 1. The molecule has 2 aromatic carbocycles. The van der Waals surface area contributed by atoms with Crippen LogP contribution in [0.3, 0.4) is 0 Å². The zero-order valence-electron chi connectivity index (χ0n) is 22.7. The summed E-state index contributed by atoms with van der Waals surface area (Å²) in [5.74, 6) is -0.567. The monoisotopic (exact) mass is 543 g/mol. The van der Waals surface area contributed by atoms with Crippen molar-refractivity contribution in [1.82, 2.24) is 0 Å². The Morgan fingerprint density at radius 2 is 1.69 bits per heavy atom. The van der Waals surface area contributed by atoms with Crippen LogP contribution in [0.15, 0.2) is 54.8 Å². The SMILES string of the molecule is Cc1c(/C=C/C(=O)c2cc3cc(Cl)ccc3oc2=O)c(=O)oc2c3c4c(cc12)C(C)(C)CCN4CCC3(C)C. The van der Waals surface area contributed by atoms with Gasteiger partial charge in [0.1, 0.15) is 16.7 Å². The Balaban J connectivity index is 1.50. The van der Waals surface area contributed by atoms with Crippen molar-refractivity contribution in [2.24, 2.45) is 0 Å². The maximum Gasteiger partial charge on any atom is 0.347 e. The smallest absolute Gasteiger partial charge is 0.347 e. The van der Waals surface area contributed by atoms with E-state index in [1.807, 2.05) is 6.92 Å². The van der Waals surface area contributed by atoms with Gasteiger partial charge in [0, 0.05) is 40.1 Å². The van der Waals surface area contributed by atoms with Gasteiger partial charge in [-0.1, -0.05) is 39.3 Å². The van der Waals surface area contributed by atoms with E-state index in [-0.39, 0.29) is 22.0 Å². The Hall–Kier alpha value is -3.64. The first-order valence-corrected chi connectivity index (χ1v) is 13.6. The van der Waals surface area contributed by atoms with Crippen LogP contribution in [0.2, 0.25) is 5.02 Å². The van der Waals surface area contributed by atoms with Crippen LogP contribution >= 0.6 is 11.6 Å². The van der Waals surface area contributed by atoms with E-state index in [0.29, 0.717) is 21.6 Å². The molecule has 0 saturated carbocycles. The summed E-state index contributed by atoms with van der Waals surface area (Å²) < 4.78 is 11.3. The molecule has 7 heteroatoms. The third kappa shape index (κ3) is 4.04. The average molecular weight is 544 g/mol. The van der Waals surface area contributed by atoms with Crippen LogP contribution < -0.4 is 16.2 Å². The van der Waals surface area contributed by atoms with E-state index in [1.54, 1.807) is 18.2 Å². The molecule has 2 aromatic heterocycles. The molecule has 2 aliphatic rings. The number of aryl methyl sites for hydroxylation is 1. The van der Waals surface area contributed by atoms with Gasteiger partial charge in [0.15, 0.2) is 5.78 Å². The molecule has 6 rings (SSSR count). The quantitative estimate of drug-likeness (QED) is 0.158. The third-order valence-electron chi connectivity index (χ3n) is 8.57. The molecular formula is C32H30ClNO5. The van der Waals surface area contributed by atoms with Crippen molar-refractivity contribution in [3.05, 3.63) is 90.1 Å². The van der Waals surface area contributed by atoms with Gasteiger partial charge in [0.25, 0.3) is 0 Å². The first-order valence-electron chi connectivity index (χ1n) is 13.2. The Bertz CT molecular complexity index is 1860. The number of benzene rings is 2. The number of hydrogen-bond donors (Lipinski definition) is 0. The predicted molar refractivity (Wildman–Crippen MR) is 156 cm³/mol. The van der Waals surface area contributed by atoms with Crippen molar-refractivity contribution >= 4 is 51.1 Å². The fourth-order valence-corrected chi connectivity index (χ4v) is 6.27. The number of fused-ring (bicyclic) bond motifs is 3. The van der Waals surface area contributed by atoms with Crippen LogP contribution in [-0.2, 0) is 10.8 Å². The zero-order valence-corrected chi connectivity index (χ0v) is 23.5.